The van der Waals surface area contributed by atoms with E-state index in [1.165, 1.54) is 14.2 Å². The van der Waals surface area contributed by atoms with E-state index in [1.807, 2.05) is 0 Å². The van der Waals surface area contributed by atoms with E-state index in [1.54, 1.807) is 33.1 Å². The highest BCUT2D eigenvalue weighted by atomic mass is 32.2. The molecule has 1 unspecified atom stereocenters. The average molecular weight is 354 g/mol. The van der Waals surface area contributed by atoms with Crippen LogP contribution in [0, 0.1) is 5.92 Å². The molecular weight excluding hydrogens is 328 g/mol. The van der Waals surface area contributed by atoms with Gasteiger partial charge in [0.1, 0.15) is 0 Å². The monoisotopic (exact) mass is 354 g/mol. The third-order valence-corrected chi connectivity index (χ3v) is 7.25. The van der Waals surface area contributed by atoms with E-state index in [9.17, 15) is 9.59 Å². The zero-order chi connectivity index (χ0) is 17.0. The Hall–Kier alpha value is -0.613. The fourth-order valence-corrected chi connectivity index (χ4v) is 4.87. The summed E-state index contributed by atoms with van der Waals surface area (Å²) in [5.41, 5.74) is 0. The second-order valence-electron chi connectivity index (χ2n) is 4.47. The van der Waals surface area contributed by atoms with E-state index in [0.29, 0.717) is 11.8 Å². The van der Waals surface area contributed by atoms with Crippen LogP contribution in [0.2, 0.25) is 6.04 Å². The van der Waals surface area contributed by atoms with Crippen molar-refractivity contribution in [1.82, 2.24) is 0 Å². The molecule has 0 saturated carbocycles. The molecular formula is C13H26O7SSi. The highest BCUT2D eigenvalue weighted by Gasteiger charge is 2.36. The van der Waals surface area contributed by atoms with Crippen molar-refractivity contribution in [3.05, 3.63) is 0 Å². The number of carbonyl (C=O) groups is 2. The molecule has 0 aliphatic rings. The third-order valence-electron chi connectivity index (χ3n) is 3.20. The van der Waals surface area contributed by atoms with Gasteiger partial charge in [-0.3, -0.25) is 9.59 Å². The van der Waals surface area contributed by atoms with Crippen LogP contribution >= 0.6 is 11.8 Å². The van der Waals surface area contributed by atoms with Gasteiger partial charge in [0.05, 0.1) is 26.6 Å². The van der Waals surface area contributed by atoms with Crippen molar-refractivity contribution < 1.29 is 32.3 Å². The zero-order valence-corrected chi connectivity index (χ0v) is 15.7. The highest BCUT2D eigenvalue weighted by Crippen LogP contribution is 2.20. The molecule has 1 atom stereocenters. The number of methoxy groups -OCH3 is 2. The number of carbonyl (C=O) groups excluding carboxylic acids is 2. The van der Waals surface area contributed by atoms with Gasteiger partial charge in [-0.1, -0.05) is 0 Å². The van der Waals surface area contributed by atoms with Crippen LogP contribution in [0.4, 0.5) is 0 Å². The van der Waals surface area contributed by atoms with Gasteiger partial charge in [0.25, 0.3) is 0 Å². The number of thioether (sulfide) groups is 1. The topological polar surface area (TPSA) is 80.3 Å². The molecule has 0 spiro atoms. The maximum absolute atomic E-state index is 11.6. The second kappa shape index (κ2) is 11.9. The van der Waals surface area contributed by atoms with Crippen molar-refractivity contribution in [2.75, 3.05) is 47.1 Å². The van der Waals surface area contributed by atoms with Gasteiger partial charge in [0.15, 0.2) is 0 Å². The Labute approximate surface area is 137 Å². The quantitative estimate of drug-likeness (QED) is 0.295. The van der Waals surface area contributed by atoms with E-state index in [2.05, 4.69) is 4.74 Å². The van der Waals surface area contributed by atoms with Gasteiger partial charge in [-0.25, -0.2) is 0 Å². The molecule has 0 aromatic carbocycles. The zero-order valence-electron chi connectivity index (χ0n) is 13.9. The number of esters is 2. The standard InChI is InChI=1S/C13H26O7SSi/c1-16-12(14)9-11(13(15)17-2)10-21-7-6-8-22(18-3,19-4)20-5/h11H,6-10H2,1-5H3. The largest absolute Gasteiger partial charge is 0.500 e. The third kappa shape index (κ3) is 7.59. The van der Waals surface area contributed by atoms with Crippen LogP contribution in [0.5, 0.6) is 0 Å². The van der Waals surface area contributed by atoms with Crippen molar-refractivity contribution in [3.63, 3.8) is 0 Å². The average Bonchev–Trinajstić information content (AvgIpc) is 2.56. The van der Waals surface area contributed by atoms with E-state index in [-0.39, 0.29) is 6.42 Å². The lowest BCUT2D eigenvalue weighted by Gasteiger charge is -2.24. The molecule has 0 aromatic heterocycles. The van der Waals surface area contributed by atoms with E-state index >= 15 is 0 Å². The van der Waals surface area contributed by atoms with E-state index < -0.39 is 26.7 Å². The molecule has 0 aliphatic carbocycles. The first kappa shape index (κ1) is 21.4. The van der Waals surface area contributed by atoms with Crippen LogP contribution in [-0.2, 0) is 32.3 Å². The van der Waals surface area contributed by atoms with Crippen molar-refractivity contribution >= 4 is 32.5 Å². The Bertz CT molecular complexity index is 328. The van der Waals surface area contributed by atoms with Gasteiger partial charge in [0, 0.05) is 33.1 Å². The summed E-state index contributed by atoms with van der Waals surface area (Å²) in [5.74, 6) is 0.00701. The molecule has 0 radical (unpaired) electrons. The molecule has 0 saturated heterocycles. The molecule has 0 rings (SSSR count). The molecule has 0 fully saturated rings. The van der Waals surface area contributed by atoms with Gasteiger partial charge >= 0.3 is 20.7 Å². The lowest BCUT2D eigenvalue weighted by atomic mass is 10.1. The van der Waals surface area contributed by atoms with Gasteiger partial charge in [0.2, 0.25) is 0 Å². The van der Waals surface area contributed by atoms with Crippen molar-refractivity contribution in [2.45, 2.75) is 18.9 Å². The molecule has 0 heterocycles. The van der Waals surface area contributed by atoms with Gasteiger partial charge in [-0.15, -0.1) is 0 Å². The summed E-state index contributed by atoms with van der Waals surface area (Å²) in [7, 11) is 4.82. The summed E-state index contributed by atoms with van der Waals surface area (Å²) >= 11 is 1.58. The van der Waals surface area contributed by atoms with Gasteiger partial charge in [-0.05, 0) is 12.2 Å². The molecule has 22 heavy (non-hydrogen) atoms. The smallest absolute Gasteiger partial charge is 0.469 e. The van der Waals surface area contributed by atoms with Crippen molar-refractivity contribution in [2.24, 2.45) is 5.92 Å². The molecule has 130 valence electrons. The summed E-state index contributed by atoms with van der Waals surface area (Å²) in [5, 5.41) is 0. The minimum atomic E-state index is -2.53. The number of rotatable bonds is 12. The first-order valence-electron chi connectivity index (χ1n) is 6.86. The minimum Gasteiger partial charge on any atom is -0.469 e. The second-order valence-corrected chi connectivity index (χ2v) is 8.71. The first-order chi connectivity index (χ1) is 10.5. The Kier molecular flexibility index (Phi) is 11.6. The summed E-state index contributed by atoms with van der Waals surface area (Å²) in [6.07, 6.45) is 0.863. The fraction of sp³-hybridized carbons (Fsp3) is 0.846. The maximum atomic E-state index is 11.6. The summed E-state index contributed by atoms with van der Waals surface area (Å²) in [4.78, 5) is 22.9. The molecule has 0 bridgehead atoms. The predicted molar refractivity (Wildman–Crippen MR) is 85.7 cm³/mol. The summed E-state index contributed by atoms with van der Waals surface area (Å²) in [6, 6.07) is 0.698. The number of ether oxygens (including phenoxy) is 2. The Morgan fingerprint density at radius 2 is 1.59 bits per heavy atom. The molecule has 0 amide bonds. The normalized spacial score (nSPS) is 12.8. The molecule has 0 aliphatic heterocycles. The molecule has 9 heteroatoms. The van der Waals surface area contributed by atoms with E-state index in [4.69, 9.17) is 18.0 Å². The minimum absolute atomic E-state index is 0.0308. The van der Waals surface area contributed by atoms with Crippen LogP contribution in [0.15, 0.2) is 0 Å². The van der Waals surface area contributed by atoms with Crippen LogP contribution in [-0.4, -0.2) is 67.8 Å². The van der Waals surface area contributed by atoms with Crippen LogP contribution < -0.4 is 0 Å². The Morgan fingerprint density at radius 3 is 2.05 bits per heavy atom. The lowest BCUT2D eigenvalue weighted by Crippen LogP contribution is -2.42. The van der Waals surface area contributed by atoms with E-state index in [0.717, 1.165) is 12.2 Å². The Balaban J connectivity index is 4.17. The number of hydrogen-bond donors (Lipinski definition) is 0. The maximum Gasteiger partial charge on any atom is 0.500 e. The molecule has 7 nitrogen and oxygen atoms in total. The Morgan fingerprint density at radius 1 is 1.00 bits per heavy atom. The number of hydrogen-bond acceptors (Lipinski definition) is 8. The van der Waals surface area contributed by atoms with Gasteiger partial charge in [-0.2, -0.15) is 11.8 Å². The van der Waals surface area contributed by atoms with Crippen LogP contribution in [0.3, 0.4) is 0 Å². The van der Waals surface area contributed by atoms with Crippen molar-refractivity contribution in [1.29, 1.82) is 0 Å². The van der Waals surface area contributed by atoms with Crippen LogP contribution in [0.1, 0.15) is 12.8 Å². The first-order valence-corrected chi connectivity index (χ1v) is 9.95. The summed E-state index contributed by atoms with van der Waals surface area (Å²) in [6.45, 7) is 0. The summed E-state index contributed by atoms with van der Waals surface area (Å²) < 4.78 is 25.3. The highest BCUT2D eigenvalue weighted by molar-refractivity contribution is 7.99. The van der Waals surface area contributed by atoms with Crippen LogP contribution in [0.25, 0.3) is 0 Å². The SMILES string of the molecule is COC(=O)CC(CSCCC[Si](OC)(OC)OC)C(=O)OC. The van der Waals surface area contributed by atoms with Gasteiger partial charge < -0.3 is 22.8 Å². The fourth-order valence-electron chi connectivity index (χ4n) is 1.83. The van der Waals surface area contributed by atoms with Crippen molar-refractivity contribution in [3.8, 4) is 0 Å². The lowest BCUT2D eigenvalue weighted by molar-refractivity contribution is -0.151. The molecule has 0 aromatic rings. The molecule has 0 N–H and O–H groups in total. The predicted octanol–water partition coefficient (Wildman–Crippen LogP) is 1.34.